The third-order valence-electron chi connectivity index (χ3n) is 3.16. The molecule has 3 rings (SSSR count). The van der Waals surface area contributed by atoms with E-state index in [0.717, 1.165) is 6.07 Å². The van der Waals surface area contributed by atoms with Crippen LogP contribution in [-0.4, -0.2) is 26.7 Å². The third-order valence-corrected chi connectivity index (χ3v) is 3.16. The number of anilines is 2. The van der Waals surface area contributed by atoms with Crippen LogP contribution in [0.5, 0.6) is 5.75 Å². The number of benzene rings is 1. The van der Waals surface area contributed by atoms with Gasteiger partial charge in [-0.15, -0.1) is 0 Å². The lowest BCUT2D eigenvalue weighted by atomic mass is 10.1. The van der Waals surface area contributed by atoms with Crippen LogP contribution in [0.25, 0.3) is 5.78 Å². The zero-order valence-electron chi connectivity index (χ0n) is 12.2. The summed E-state index contributed by atoms with van der Waals surface area (Å²) >= 11 is 0. The van der Waals surface area contributed by atoms with Gasteiger partial charge in [0.25, 0.3) is 5.78 Å². The molecule has 23 heavy (non-hydrogen) atoms. The Bertz CT molecular complexity index is 859. The quantitative estimate of drug-likeness (QED) is 0.802. The summed E-state index contributed by atoms with van der Waals surface area (Å²) in [5.41, 5.74) is 0.0590. The maximum atomic E-state index is 13.1. The second kappa shape index (κ2) is 5.41. The number of aryl methyl sites for hydroxylation is 1. The Hall–Kier alpha value is -2.84. The number of hydrogen-bond acceptors (Lipinski definition) is 5. The highest BCUT2D eigenvalue weighted by atomic mass is 19.4. The topological polar surface area (TPSA) is 64.3 Å². The number of alkyl halides is 3. The molecule has 1 aromatic carbocycles. The van der Waals surface area contributed by atoms with E-state index in [9.17, 15) is 13.2 Å². The molecule has 0 bridgehead atoms. The molecular formula is C14H12F3N5O. The van der Waals surface area contributed by atoms with Gasteiger partial charge in [0.15, 0.2) is 0 Å². The summed E-state index contributed by atoms with van der Waals surface area (Å²) in [6.07, 6.45) is -3.19. The van der Waals surface area contributed by atoms with Gasteiger partial charge in [-0.25, -0.2) is 4.98 Å². The van der Waals surface area contributed by atoms with E-state index < -0.39 is 11.7 Å². The van der Waals surface area contributed by atoms with Gasteiger partial charge in [0.1, 0.15) is 17.9 Å². The van der Waals surface area contributed by atoms with E-state index in [4.69, 9.17) is 4.74 Å². The first-order valence-corrected chi connectivity index (χ1v) is 6.58. The lowest BCUT2D eigenvalue weighted by molar-refractivity contribution is -0.138. The minimum Gasteiger partial charge on any atom is -0.496 e. The van der Waals surface area contributed by atoms with Crippen LogP contribution in [0.4, 0.5) is 24.7 Å². The highest BCUT2D eigenvalue weighted by Gasteiger charge is 2.34. The maximum Gasteiger partial charge on any atom is 0.420 e. The minimum atomic E-state index is -4.51. The molecule has 3 aromatic rings. The molecule has 0 aliphatic heterocycles. The molecule has 0 atom stereocenters. The molecule has 2 aromatic heterocycles. The van der Waals surface area contributed by atoms with Crippen molar-refractivity contribution in [2.45, 2.75) is 13.1 Å². The van der Waals surface area contributed by atoms with Gasteiger partial charge < -0.3 is 10.1 Å². The average molecular weight is 323 g/mol. The van der Waals surface area contributed by atoms with Gasteiger partial charge in [0.2, 0.25) is 0 Å². The van der Waals surface area contributed by atoms with Crippen molar-refractivity contribution in [2.24, 2.45) is 0 Å². The number of fused-ring (bicyclic) bond motifs is 1. The van der Waals surface area contributed by atoms with Gasteiger partial charge in [-0.05, 0) is 25.1 Å². The van der Waals surface area contributed by atoms with Crippen LogP contribution in [0.3, 0.4) is 0 Å². The Morgan fingerprint density at radius 3 is 2.70 bits per heavy atom. The summed E-state index contributed by atoms with van der Waals surface area (Å²) in [5, 5.41) is 6.90. The van der Waals surface area contributed by atoms with Crippen LogP contribution in [0.1, 0.15) is 11.3 Å². The molecule has 0 amide bonds. The summed E-state index contributed by atoms with van der Waals surface area (Å²) in [7, 11) is 1.20. The number of aromatic nitrogens is 4. The highest BCUT2D eigenvalue weighted by Crippen LogP contribution is 2.38. The van der Waals surface area contributed by atoms with Crippen molar-refractivity contribution in [1.82, 2.24) is 19.6 Å². The molecule has 0 fully saturated rings. The summed E-state index contributed by atoms with van der Waals surface area (Å²) in [5.74, 6) is 0.584. The fourth-order valence-electron chi connectivity index (χ4n) is 2.17. The van der Waals surface area contributed by atoms with Gasteiger partial charge in [-0.1, -0.05) is 0 Å². The molecule has 9 heteroatoms. The lowest BCUT2D eigenvalue weighted by Gasteiger charge is -2.15. The number of rotatable bonds is 3. The summed E-state index contributed by atoms with van der Waals surface area (Å²) in [4.78, 5) is 8.14. The molecule has 0 saturated heterocycles. The van der Waals surface area contributed by atoms with Crippen molar-refractivity contribution in [3.8, 4) is 5.75 Å². The van der Waals surface area contributed by atoms with Crippen molar-refractivity contribution < 1.29 is 17.9 Å². The fourth-order valence-corrected chi connectivity index (χ4v) is 2.17. The predicted molar refractivity (Wildman–Crippen MR) is 76.8 cm³/mol. The molecule has 0 saturated carbocycles. The third kappa shape index (κ3) is 2.89. The number of nitrogens with zero attached hydrogens (tertiary/aromatic N) is 4. The van der Waals surface area contributed by atoms with Crippen LogP contribution in [0.15, 0.2) is 30.6 Å². The Labute approximate surface area is 128 Å². The zero-order valence-corrected chi connectivity index (χ0v) is 12.2. The molecule has 0 spiro atoms. The Morgan fingerprint density at radius 2 is 2.00 bits per heavy atom. The monoisotopic (exact) mass is 323 g/mol. The summed E-state index contributed by atoms with van der Waals surface area (Å²) < 4.78 is 45.4. The first-order chi connectivity index (χ1) is 10.9. The van der Waals surface area contributed by atoms with Crippen molar-refractivity contribution in [2.75, 3.05) is 12.4 Å². The number of nitrogens with one attached hydrogen (secondary N) is 1. The van der Waals surface area contributed by atoms with Crippen LogP contribution in [-0.2, 0) is 6.18 Å². The molecule has 0 aliphatic carbocycles. The SMILES string of the molecule is COc1ccc(Nc2cc(C)nc3ncnn23)cc1C(F)(F)F. The van der Waals surface area contributed by atoms with E-state index in [1.54, 1.807) is 13.0 Å². The number of hydrogen-bond donors (Lipinski definition) is 1. The van der Waals surface area contributed by atoms with Crippen molar-refractivity contribution >= 4 is 17.3 Å². The summed E-state index contributed by atoms with van der Waals surface area (Å²) in [6, 6.07) is 5.40. The molecule has 0 radical (unpaired) electrons. The zero-order chi connectivity index (χ0) is 16.6. The van der Waals surface area contributed by atoms with E-state index in [-0.39, 0.29) is 11.4 Å². The average Bonchev–Trinajstić information content (AvgIpc) is 2.94. The molecule has 0 aliphatic rings. The second-order valence-corrected chi connectivity index (χ2v) is 4.79. The van der Waals surface area contributed by atoms with Crippen LogP contribution >= 0.6 is 0 Å². The first-order valence-electron chi connectivity index (χ1n) is 6.58. The first kappa shape index (κ1) is 15.1. The van der Waals surface area contributed by atoms with Crippen molar-refractivity contribution in [3.05, 3.63) is 41.9 Å². The minimum absolute atomic E-state index is 0.236. The number of ether oxygens (including phenoxy) is 1. The van der Waals surface area contributed by atoms with E-state index in [1.165, 1.54) is 30.1 Å². The fraction of sp³-hybridized carbons (Fsp3) is 0.214. The van der Waals surface area contributed by atoms with Crippen LogP contribution in [0, 0.1) is 6.92 Å². The van der Waals surface area contributed by atoms with E-state index in [2.05, 4.69) is 20.4 Å². The van der Waals surface area contributed by atoms with E-state index >= 15 is 0 Å². The van der Waals surface area contributed by atoms with Crippen molar-refractivity contribution in [1.29, 1.82) is 0 Å². The largest absolute Gasteiger partial charge is 0.496 e. The molecule has 1 N–H and O–H groups in total. The van der Waals surface area contributed by atoms with Gasteiger partial charge in [0.05, 0.1) is 12.7 Å². The standard InChI is InChI=1S/C14H12F3N5O/c1-8-5-12(22-13(20-8)18-7-19-22)21-9-3-4-11(23-2)10(6-9)14(15,16)17/h3-7,21H,1-2H3. The Morgan fingerprint density at radius 1 is 1.22 bits per heavy atom. The molecule has 0 unspecified atom stereocenters. The normalized spacial score (nSPS) is 11.7. The Balaban J connectivity index is 2.04. The number of halogens is 3. The van der Waals surface area contributed by atoms with E-state index in [0.29, 0.717) is 17.3 Å². The highest BCUT2D eigenvalue weighted by molar-refractivity contribution is 5.61. The van der Waals surface area contributed by atoms with Gasteiger partial charge >= 0.3 is 6.18 Å². The second-order valence-electron chi connectivity index (χ2n) is 4.79. The molecule has 2 heterocycles. The molecule has 120 valence electrons. The molecular weight excluding hydrogens is 311 g/mol. The van der Waals surface area contributed by atoms with E-state index in [1.807, 2.05) is 0 Å². The van der Waals surface area contributed by atoms with Crippen LogP contribution < -0.4 is 10.1 Å². The van der Waals surface area contributed by atoms with Gasteiger partial charge in [-0.3, -0.25) is 0 Å². The lowest BCUT2D eigenvalue weighted by Crippen LogP contribution is -2.09. The maximum absolute atomic E-state index is 13.1. The summed E-state index contributed by atoms with van der Waals surface area (Å²) in [6.45, 7) is 1.76. The molecule has 6 nitrogen and oxygen atoms in total. The Kier molecular flexibility index (Phi) is 3.55. The van der Waals surface area contributed by atoms with Gasteiger partial charge in [0, 0.05) is 17.4 Å². The smallest absolute Gasteiger partial charge is 0.420 e. The van der Waals surface area contributed by atoms with Crippen molar-refractivity contribution in [3.63, 3.8) is 0 Å². The van der Waals surface area contributed by atoms with Gasteiger partial charge in [-0.2, -0.15) is 27.8 Å². The van der Waals surface area contributed by atoms with Crippen LogP contribution in [0.2, 0.25) is 0 Å². The predicted octanol–water partition coefficient (Wildman–Crippen LogP) is 3.20. The number of methoxy groups -OCH3 is 1.